The number of hydrogen-bond donors (Lipinski definition) is 5. The lowest BCUT2D eigenvalue weighted by Gasteiger charge is -2.19. The van der Waals surface area contributed by atoms with Crippen LogP contribution in [0.25, 0.3) is 0 Å². The second-order valence-corrected chi connectivity index (χ2v) is 10.0. The molecule has 2 aromatic carbocycles. The van der Waals surface area contributed by atoms with Gasteiger partial charge in [-0.25, -0.2) is 0 Å². The van der Waals surface area contributed by atoms with Gasteiger partial charge in [0.05, 0.1) is 0 Å². The smallest absolute Gasteiger partial charge is 0.324 e. The molecule has 2 aromatic rings. The van der Waals surface area contributed by atoms with Crippen LogP contribution in [0.3, 0.4) is 0 Å². The second-order valence-electron chi connectivity index (χ2n) is 6.02. The summed E-state index contributed by atoms with van der Waals surface area (Å²) in [6, 6.07) is 14.3. The Balaban J connectivity index is 2.01. The Kier molecular flexibility index (Phi) is 7.06. The molecular formula is C17H19NO8P2. The van der Waals surface area contributed by atoms with Gasteiger partial charge in [-0.05, 0) is 42.8 Å². The van der Waals surface area contributed by atoms with Gasteiger partial charge in [-0.1, -0.05) is 18.2 Å². The number of rotatable bonds is 8. The molecule has 0 aliphatic rings. The Morgan fingerprint density at radius 3 is 1.86 bits per heavy atom. The molecular weight excluding hydrogens is 408 g/mol. The standard InChI is InChI=1S/C17H19NO8P2/c19-15(10-11-16(27(21,22)23)28(24,25)26)12-6-8-14(9-7-12)18-17(20)13-4-2-1-3-5-13/h1-9,16H,10-11H2,(H,18,20)(H2,21,22,23)(H2,24,25,26). The monoisotopic (exact) mass is 427 g/mol. The van der Waals surface area contributed by atoms with Crippen LogP contribution in [0, 0.1) is 0 Å². The summed E-state index contributed by atoms with van der Waals surface area (Å²) in [5.41, 5.74) is 1.09. The first kappa shape index (κ1) is 22.2. The summed E-state index contributed by atoms with van der Waals surface area (Å²) >= 11 is 0. The number of amides is 1. The van der Waals surface area contributed by atoms with Gasteiger partial charge in [0.25, 0.3) is 5.91 Å². The minimum Gasteiger partial charge on any atom is -0.324 e. The van der Waals surface area contributed by atoms with E-state index in [1.807, 2.05) is 0 Å². The van der Waals surface area contributed by atoms with Gasteiger partial charge in [0.1, 0.15) is 0 Å². The van der Waals surface area contributed by atoms with Gasteiger partial charge in [0.2, 0.25) is 0 Å². The van der Waals surface area contributed by atoms with Gasteiger partial charge in [-0.3, -0.25) is 18.7 Å². The van der Waals surface area contributed by atoms with Crippen LogP contribution in [0.15, 0.2) is 54.6 Å². The van der Waals surface area contributed by atoms with Crippen molar-refractivity contribution >= 4 is 32.6 Å². The van der Waals surface area contributed by atoms with Crippen molar-refractivity contribution in [2.24, 2.45) is 0 Å². The summed E-state index contributed by atoms with van der Waals surface area (Å²) in [4.78, 5) is 60.5. The fourth-order valence-electron chi connectivity index (χ4n) is 2.47. The zero-order valence-electron chi connectivity index (χ0n) is 14.5. The Morgan fingerprint density at radius 1 is 0.821 bits per heavy atom. The SMILES string of the molecule is O=C(CCC(P(=O)(O)O)P(=O)(O)O)c1ccc(NC(=O)c2ccccc2)cc1. The van der Waals surface area contributed by atoms with Gasteiger partial charge in [-0.15, -0.1) is 0 Å². The van der Waals surface area contributed by atoms with E-state index >= 15 is 0 Å². The predicted octanol–water partition coefficient (Wildman–Crippen LogP) is 2.58. The average Bonchev–Trinajstić information content (AvgIpc) is 2.60. The number of benzene rings is 2. The molecule has 5 N–H and O–H groups in total. The minimum absolute atomic E-state index is 0.188. The first-order valence-corrected chi connectivity index (χ1v) is 11.4. The van der Waals surface area contributed by atoms with Crippen LogP contribution in [0.4, 0.5) is 5.69 Å². The molecule has 0 saturated carbocycles. The molecule has 0 fully saturated rings. The number of carbonyl (C=O) groups is 2. The van der Waals surface area contributed by atoms with Crippen LogP contribution in [0.5, 0.6) is 0 Å². The largest absolute Gasteiger partial charge is 0.340 e. The Hall–Kier alpha value is -2.12. The summed E-state index contributed by atoms with van der Waals surface area (Å²) in [7, 11) is -10.1. The van der Waals surface area contributed by atoms with Gasteiger partial charge < -0.3 is 24.9 Å². The van der Waals surface area contributed by atoms with Crippen molar-refractivity contribution < 1.29 is 38.3 Å². The fourth-order valence-corrected chi connectivity index (χ4v) is 4.97. The van der Waals surface area contributed by atoms with E-state index in [0.717, 1.165) is 0 Å². The van der Waals surface area contributed by atoms with Crippen molar-refractivity contribution in [2.75, 3.05) is 5.32 Å². The van der Waals surface area contributed by atoms with Crippen LogP contribution < -0.4 is 5.32 Å². The quantitative estimate of drug-likeness (QED) is 0.317. The molecule has 9 nitrogen and oxygen atoms in total. The van der Waals surface area contributed by atoms with E-state index in [-0.39, 0.29) is 11.5 Å². The lowest BCUT2D eigenvalue weighted by atomic mass is 10.1. The third-order valence-corrected chi connectivity index (χ3v) is 7.78. The molecule has 0 spiro atoms. The molecule has 0 unspecified atom stereocenters. The van der Waals surface area contributed by atoms with Crippen molar-refractivity contribution in [2.45, 2.75) is 18.2 Å². The number of hydrogen-bond acceptors (Lipinski definition) is 4. The molecule has 0 radical (unpaired) electrons. The molecule has 0 bridgehead atoms. The number of anilines is 1. The van der Waals surface area contributed by atoms with Gasteiger partial charge in [-0.2, -0.15) is 0 Å². The highest BCUT2D eigenvalue weighted by Crippen LogP contribution is 2.61. The van der Waals surface area contributed by atoms with Crippen molar-refractivity contribution in [3.05, 3.63) is 65.7 Å². The lowest BCUT2D eigenvalue weighted by molar-refractivity contribution is 0.0979. The van der Waals surface area contributed by atoms with Crippen molar-refractivity contribution in [3.63, 3.8) is 0 Å². The normalized spacial score (nSPS) is 12.0. The van der Waals surface area contributed by atoms with Crippen LogP contribution in [0.1, 0.15) is 33.6 Å². The van der Waals surface area contributed by atoms with Crippen molar-refractivity contribution in [1.82, 2.24) is 0 Å². The highest BCUT2D eigenvalue weighted by atomic mass is 31.2. The molecule has 2 rings (SSSR count). The number of nitrogens with one attached hydrogen (secondary N) is 1. The molecule has 0 aliphatic carbocycles. The first-order valence-electron chi connectivity index (χ1n) is 8.08. The van der Waals surface area contributed by atoms with Crippen LogP contribution >= 0.6 is 15.2 Å². The van der Waals surface area contributed by atoms with Gasteiger partial charge >= 0.3 is 15.2 Å². The molecule has 0 aromatic heterocycles. The Labute approximate surface area is 160 Å². The molecule has 0 aliphatic heterocycles. The van der Waals surface area contributed by atoms with E-state index in [1.54, 1.807) is 30.3 Å². The zero-order valence-corrected chi connectivity index (χ0v) is 16.3. The van der Waals surface area contributed by atoms with E-state index in [9.17, 15) is 18.7 Å². The summed E-state index contributed by atoms with van der Waals surface area (Å²) in [6.07, 6.45) is -1.10. The molecule has 0 saturated heterocycles. The van der Waals surface area contributed by atoms with Crippen molar-refractivity contribution in [3.8, 4) is 0 Å². The zero-order chi connectivity index (χ0) is 20.9. The Morgan fingerprint density at radius 2 is 1.36 bits per heavy atom. The maximum atomic E-state index is 12.2. The van der Waals surface area contributed by atoms with Crippen LogP contribution in [0.2, 0.25) is 0 Å². The molecule has 1 amide bonds. The van der Waals surface area contributed by atoms with E-state index in [4.69, 9.17) is 19.6 Å². The third-order valence-electron chi connectivity index (χ3n) is 3.91. The van der Waals surface area contributed by atoms with E-state index < -0.39 is 39.2 Å². The summed E-state index contributed by atoms with van der Waals surface area (Å²) < 4.78 is 22.5. The van der Waals surface area contributed by atoms with Crippen molar-refractivity contribution in [1.29, 1.82) is 0 Å². The lowest BCUT2D eigenvalue weighted by Crippen LogP contribution is -2.13. The summed E-state index contributed by atoms with van der Waals surface area (Å²) in [6.45, 7) is 0. The Bertz CT molecular complexity index is 911. The third kappa shape index (κ3) is 6.21. The maximum absolute atomic E-state index is 12.2. The molecule has 0 heterocycles. The molecule has 11 heteroatoms. The molecule has 28 heavy (non-hydrogen) atoms. The van der Waals surface area contributed by atoms with Gasteiger partial charge in [0.15, 0.2) is 11.2 Å². The van der Waals surface area contributed by atoms with Crippen LogP contribution in [-0.4, -0.2) is 36.7 Å². The average molecular weight is 427 g/mol. The summed E-state index contributed by atoms with van der Waals surface area (Å²) in [5.74, 6) is -0.862. The predicted molar refractivity (Wildman–Crippen MR) is 102 cm³/mol. The van der Waals surface area contributed by atoms with E-state index in [1.165, 1.54) is 24.3 Å². The summed E-state index contributed by atoms with van der Waals surface area (Å²) in [5, 5.41) is 0.444. The second kappa shape index (κ2) is 8.92. The van der Waals surface area contributed by atoms with E-state index in [0.29, 0.717) is 11.3 Å². The minimum atomic E-state index is -5.06. The molecule has 0 atom stereocenters. The van der Waals surface area contributed by atoms with Gasteiger partial charge in [0, 0.05) is 23.2 Å². The first-order chi connectivity index (χ1) is 13.0. The number of carbonyl (C=O) groups excluding carboxylic acids is 2. The topological polar surface area (TPSA) is 161 Å². The highest BCUT2D eigenvalue weighted by molar-refractivity contribution is 7.70. The number of Topliss-reactive ketones (excluding diaryl/α,β-unsaturated/α-hetero) is 1. The van der Waals surface area contributed by atoms with Crippen LogP contribution in [-0.2, 0) is 9.13 Å². The number of ketones is 1. The highest BCUT2D eigenvalue weighted by Gasteiger charge is 2.43. The molecule has 150 valence electrons. The maximum Gasteiger partial charge on any atom is 0.340 e. The van der Waals surface area contributed by atoms with E-state index in [2.05, 4.69) is 5.32 Å². The fraction of sp³-hybridized carbons (Fsp3) is 0.176.